The third kappa shape index (κ3) is 4.99. The first-order chi connectivity index (χ1) is 15.0. The lowest BCUT2D eigenvalue weighted by Crippen LogP contribution is -2.49. The molecule has 2 aromatic rings. The summed E-state index contributed by atoms with van der Waals surface area (Å²) >= 11 is 0. The van der Waals surface area contributed by atoms with E-state index in [0.717, 1.165) is 36.5 Å². The van der Waals surface area contributed by atoms with Crippen molar-refractivity contribution in [2.24, 2.45) is 11.8 Å². The lowest BCUT2D eigenvalue weighted by Gasteiger charge is -2.44. The number of carbonyl (C=O) groups excluding carboxylic acids is 1. The Morgan fingerprint density at radius 2 is 1.64 bits per heavy atom. The van der Waals surface area contributed by atoms with Crippen LogP contribution in [0.5, 0.6) is 0 Å². The summed E-state index contributed by atoms with van der Waals surface area (Å²) < 4.78 is 101. The Morgan fingerprint density at radius 3 is 2.15 bits per heavy atom. The van der Waals surface area contributed by atoms with Gasteiger partial charge in [-0.2, -0.15) is 26.3 Å². The number of benzene rings is 1. The van der Waals surface area contributed by atoms with Crippen molar-refractivity contribution in [2.45, 2.75) is 48.7 Å². The topological polar surface area (TPSA) is 76.1 Å². The minimum absolute atomic E-state index is 0.0623. The molecule has 1 aromatic carbocycles. The van der Waals surface area contributed by atoms with E-state index in [-0.39, 0.29) is 18.5 Å². The van der Waals surface area contributed by atoms with Crippen LogP contribution in [-0.2, 0) is 27.0 Å². The van der Waals surface area contributed by atoms with Gasteiger partial charge in [-0.15, -0.1) is 0 Å². The molecule has 1 saturated carbocycles. The van der Waals surface area contributed by atoms with Crippen molar-refractivity contribution in [2.75, 3.05) is 5.32 Å². The van der Waals surface area contributed by atoms with Crippen molar-refractivity contribution >= 4 is 21.4 Å². The van der Waals surface area contributed by atoms with Gasteiger partial charge in [0.15, 0.2) is 9.84 Å². The molecule has 1 amide bonds. The first kappa shape index (κ1) is 25.0. The van der Waals surface area contributed by atoms with Gasteiger partial charge >= 0.3 is 12.4 Å². The van der Waals surface area contributed by atoms with Gasteiger partial charge in [0.05, 0.1) is 27.1 Å². The van der Waals surface area contributed by atoms with Crippen LogP contribution in [0.2, 0.25) is 0 Å². The third-order valence-electron chi connectivity index (χ3n) is 5.98. The number of halogens is 6. The highest BCUT2D eigenvalue weighted by atomic mass is 32.2. The molecule has 1 heterocycles. The fraction of sp³-hybridized carbons (Fsp3) is 0.429. The molecule has 0 spiro atoms. The lowest BCUT2D eigenvalue weighted by molar-refractivity contribution is -0.141. The summed E-state index contributed by atoms with van der Waals surface area (Å²) in [6, 6.07) is 5.30. The van der Waals surface area contributed by atoms with Gasteiger partial charge in [-0.1, -0.05) is 6.07 Å². The van der Waals surface area contributed by atoms with Gasteiger partial charge < -0.3 is 5.32 Å². The maximum Gasteiger partial charge on any atom is 0.433 e. The van der Waals surface area contributed by atoms with E-state index in [1.165, 1.54) is 13.8 Å². The smallest absolute Gasteiger partial charge is 0.324 e. The van der Waals surface area contributed by atoms with Crippen LogP contribution < -0.4 is 5.32 Å². The normalized spacial score (nSPS) is 19.6. The van der Waals surface area contributed by atoms with Crippen molar-refractivity contribution in [3.8, 4) is 0 Å². The highest BCUT2D eigenvalue weighted by molar-refractivity contribution is 7.92. The Morgan fingerprint density at radius 1 is 1.00 bits per heavy atom. The van der Waals surface area contributed by atoms with Crippen LogP contribution in [0, 0.1) is 11.8 Å². The summed E-state index contributed by atoms with van der Waals surface area (Å²) in [6.07, 6.45) is -8.11. The molecular weight excluding hydrogens is 474 g/mol. The highest BCUT2D eigenvalue weighted by Gasteiger charge is 2.50. The summed E-state index contributed by atoms with van der Waals surface area (Å²) in [6.45, 7) is 2.81. The molecule has 1 fully saturated rings. The van der Waals surface area contributed by atoms with Gasteiger partial charge in [-0.3, -0.25) is 4.79 Å². The minimum atomic E-state index is -4.69. The van der Waals surface area contributed by atoms with Gasteiger partial charge in [-0.25, -0.2) is 13.4 Å². The second-order valence-corrected chi connectivity index (χ2v) is 10.9. The minimum Gasteiger partial charge on any atom is -0.324 e. The largest absolute Gasteiger partial charge is 0.433 e. The van der Waals surface area contributed by atoms with Crippen molar-refractivity contribution < 1.29 is 39.6 Å². The third-order valence-corrected chi connectivity index (χ3v) is 8.57. The van der Waals surface area contributed by atoms with Crippen molar-refractivity contribution in [3.63, 3.8) is 0 Å². The molecule has 1 aromatic heterocycles. The number of anilines is 1. The molecule has 1 aliphatic carbocycles. The van der Waals surface area contributed by atoms with E-state index in [9.17, 15) is 39.6 Å². The zero-order valence-electron chi connectivity index (χ0n) is 17.5. The molecule has 180 valence electrons. The average Bonchev–Trinajstić information content (AvgIpc) is 2.65. The molecule has 1 N–H and O–H groups in total. The lowest BCUT2D eigenvalue weighted by atomic mass is 9.68. The molecule has 3 rings (SSSR count). The summed E-state index contributed by atoms with van der Waals surface area (Å²) in [7, 11) is -4.16. The molecule has 12 heteroatoms. The highest BCUT2D eigenvalue weighted by Crippen LogP contribution is 2.47. The van der Waals surface area contributed by atoms with Gasteiger partial charge in [0.2, 0.25) is 5.91 Å². The van der Waals surface area contributed by atoms with Crippen molar-refractivity contribution in [1.82, 2.24) is 4.98 Å². The van der Waals surface area contributed by atoms with E-state index in [4.69, 9.17) is 0 Å². The number of hydrogen-bond donors (Lipinski definition) is 1. The second-order valence-electron chi connectivity index (χ2n) is 8.42. The molecule has 33 heavy (non-hydrogen) atoms. The van der Waals surface area contributed by atoms with Crippen LogP contribution in [0.15, 0.2) is 47.5 Å². The van der Waals surface area contributed by atoms with E-state index >= 15 is 0 Å². The van der Waals surface area contributed by atoms with E-state index < -0.39 is 60.8 Å². The monoisotopic (exact) mass is 494 g/mol. The Kier molecular flexibility index (Phi) is 6.29. The Labute approximate surface area is 186 Å². The molecule has 0 saturated heterocycles. The van der Waals surface area contributed by atoms with Gasteiger partial charge in [0.25, 0.3) is 0 Å². The van der Waals surface area contributed by atoms with Gasteiger partial charge in [0, 0.05) is 5.92 Å². The number of sulfone groups is 1. The van der Waals surface area contributed by atoms with E-state index in [1.54, 1.807) is 0 Å². The molecule has 0 bridgehead atoms. The predicted molar refractivity (Wildman–Crippen MR) is 107 cm³/mol. The number of alkyl halides is 6. The number of nitrogens with one attached hydrogen (secondary N) is 1. The first-order valence-electron chi connectivity index (χ1n) is 9.79. The summed E-state index contributed by atoms with van der Waals surface area (Å²) in [5, 5.41) is 2.45. The number of aromatic nitrogens is 1. The Bertz CT molecular complexity index is 1140. The fourth-order valence-corrected chi connectivity index (χ4v) is 5.42. The van der Waals surface area contributed by atoms with Crippen LogP contribution >= 0.6 is 0 Å². The van der Waals surface area contributed by atoms with Crippen LogP contribution in [0.25, 0.3) is 0 Å². The number of carbonyl (C=O) groups is 1. The number of pyridine rings is 1. The summed E-state index contributed by atoms with van der Waals surface area (Å²) in [4.78, 5) is 15.2. The number of hydrogen-bond acceptors (Lipinski definition) is 4. The predicted octanol–water partition coefficient (Wildman–Crippen LogP) is 5.34. The number of nitrogens with zero attached hydrogens (tertiary/aromatic N) is 1. The fourth-order valence-electron chi connectivity index (χ4n) is 3.64. The zero-order chi connectivity index (χ0) is 24.8. The van der Waals surface area contributed by atoms with Gasteiger partial charge in [0.1, 0.15) is 5.69 Å². The standard InChI is InChI=1S/C21H20F6N2O3S/c1-19(2,33(31,32)16-5-3-4-13(10-16)20(22,23)24)14-8-12(9-14)18(30)29-15-6-7-17(28-11-15)21(25,26)27/h3-7,10-12,14H,8-9H2,1-2H3,(H,29,30). The molecule has 1 aliphatic rings. The van der Waals surface area contributed by atoms with Crippen LogP contribution in [0.1, 0.15) is 37.9 Å². The van der Waals surface area contributed by atoms with E-state index in [0.29, 0.717) is 6.07 Å². The molecule has 0 aliphatic heterocycles. The Hall–Kier alpha value is -2.63. The quantitative estimate of drug-likeness (QED) is 0.570. The molecule has 0 unspecified atom stereocenters. The van der Waals surface area contributed by atoms with Crippen LogP contribution in [0.3, 0.4) is 0 Å². The summed E-state index contributed by atoms with van der Waals surface area (Å²) in [5.41, 5.74) is -2.12. The SMILES string of the molecule is CC(C)(C1CC(C(=O)Nc2ccc(C(F)(F)F)nc2)C1)S(=O)(=O)c1cccc(C(F)(F)F)c1. The molecule has 5 nitrogen and oxygen atoms in total. The van der Waals surface area contributed by atoms with Gasteiger partial charge in [-0.05, 0) is 62.9 Å². The molecular formula is C21H20F6N2O3S. The second kappa shape index (κ2) is 8.30. The summed E-state index contributed by atoms with van der Waals surface area (Å²) in [5.74, 6) is -1.59. The number of amides is 1. The maximum absolute atomic E-state index is 13.1. The Balaban J connectivity index is 1.67. The van der Waals surface area contributed by atoms with Crippen LogP contribution in [0.4, 0.5) is 32.0 Å². The average molecular weight is 494 g/mol. The first-order valence-corrected chi connectivity index (χ1v) is 11.3. The van der Waals surface area contributed by atoms with Crippen molar-refractivity contribution in [3.05, 3.63) is 53.9 Å². The maximum atomic E-state index is 13.1. The van der Waals surface area contributed by atoms with E-state index in [1.807, 2.05) is 0 Å². The van der Waals surface area contributed by atoms with Crippen molar-refractivity contribution in [1.29, 1.82) is 0 Å². The molecule has 0 radical (unpaired) electrons. The number of rotatable bonds is 5. The van der Waals surface area contributed by atoms with Crippen LogP contribution in [-0.4, -0.2) is 24.1 Å². The zero-order valence-corrected chi connectivity index (χ0v) is 18.3. The molecule has 0 atom stereocenters. The van der Waals surface area contributed by atoms with E-state index in [2.05, 4.69) is 10.3 Å².